The first-order valence-electron chi connectivity index (χ1n) is 20.2. The normalized spacial score (nSPS) is 11.4. The number of hydrogen-bond acceptors (Lipinski definition) is 1. The summed E-state index contributed by atoms with van der Waals surface area (Å²) in [7, 11) is 0. The molecule has 59 heavy (non-hydrogen) atoms. The van der Waals surface area contributed by atoms with E-state index in [0.29, 0.717) is 0 Å². The van der Waals surface area contributed by atoms with Crippen molar-refractivity contribution in [2.24, 2.45) is 0 Å². The topological polar surface area (TPSA) is 12.6 Å². The lowest BCUT2D eigenvalue weighted by molar-refractivity contribution is 1.18. The predicted octanol–water partition coefficient (Wildman–Crippen LogP) is 15.2. The number of fused-ring (bicyclic) bond motifs is 4. The molecule has 0 saturated carbocycles. The monoisotopic (exact) mass is 753 g/mol. The van der Waals surface area contributed by atoms with E-state index < -0.39 is 0 Å². The van der Waals surface area contributed by atoms with Gasteiger partial charge >= 0.3 is 0 Å². The third-order valence-corrected chi connectivity index (χ3v) is 11.5. The molecule has 0 unspecified atom stereocenters. The lowest BCUT2D eigenvalue weighted by Gasteiger charge is -2.26. The fourth-order valence-corrected chi connectivity index (χ4v) is 8.88. The molecule has 0 amide bonds. The Bertz CT molecular complexity index is 3220. The lowest BCUT2D eigenvalue weighted by Crippen LogP contribution is -2.09. The van der Waals surface area contributed by atoms with Gasteiger partial charge in [-0.3, -0.25) is 0 Å². The fraction of sp³-hybridized carbons (Fsp3) is 0. The quantitative estimate of drug-likeness (QED) is 0.151. The highest BCUT2D eigenvalue weighted by molar-refractivity contribution is 6.11. The van der Waals surface area contributed by atoms with Crippen molar-refractivity contribution in [3.05, 3.63) is 237 Å². The summed E-state index contributed by atoms with van der Waals surface area (Å²) in [5.74, 6) is 0. The third kappa shape index (κ3) is 6.00. The van der Waals surface area contributed by atoms with Crippen LogP contribution in [0.1, 0.15) is 0 Å². The summed E-state index contributed by atoms with van der Waals surface area (Å²) in [6.07, 6.45) is 2.19. The average molecular weight is 754 g/mol. The third-order valence-electron chi connectivity index (χ3n) is 11.5. The molecule has 0 aliphatic heterocycles. The van der Waals surface area contributed by atoms with Crippen LogP contribution < -0.4 is 4.90 Å². The van der Waals surface area contributed by atoms with E-state index in [2.05, 4.69) is 251 Å². The molecule has 0 atom stereocenters. The second-order valence-corrected chi connectivity index (χ2v) is 15.0. The van der Waals surface area contributed by atoms with Crippen molar-refractivity contribution in [3.8, 4) is 50.3 Å². The van der Waals surface area contributed by atoms with Crippen molar-refractivity contribution in [3.63, 3.8) is 0 Å². The number of benzene rings is 8. The molecule has 11 rings (SSSR count). The molecule has 0 bridgehead atoms. The average Bonchev–Trinajstić information content (AvgIpc) is 3.84. The lowest BCUT2D eigenvalue weighted by atomic mass is 9.93. The van der Waals surface area contributed by atoms with Crippen LogP contribution in [0.25, 0.3) is 77.6 Å². The molecular weight excluding hydrogens is 715 g/mol. The molecule has 0 fully saturated rings. The molecule has 0 N–H and O–H groups in total. The molecule has 0 spiro atoms. The number of aromatic nitrogens is 2. The first-order chi connectivity index (χ1) is 29.3. The molecule has 0 aliphatic rings. The highest BCUT2D eigenvalue weighted by Crippen LogP contribution is 2.45. The molecule has 0 aliphatic carbocycles. The van der Waals surface area contributed by atoms with Gasteiger partial charge in [-0.1, -0.05) is 158 Å². The van der Waals surface area contributed by atoms with Gasteiger partial charge in [-0.05, 0) is 101 Å². The molecule has 3 nitrogen and oxygen atoms in total. The number of rotatable bonds is 8. The maximum Gasteiger partial charge on any atom is 0.0613 e. The van der Waals surface area contributed by atoms with Crippen molar-refractivity contribution < 1.29 is 0 Å². The Balaban J connectivity index is 0.983. The van der Waals surface area contributed by atoms with Crippen molar-refractivity contribution in [1.29, 1.82) is 0 Å². The van der Waals surface area contributed by atoms with Gasteiger partial charge in [0.25, 0.3) is 0 Å². The van der Waals surface area contributed by atoms with E-state index in [1.54, 1.807) is 0 Å². The number of anilines is 3. The molecule has 3 aromatic heterocycles. The molecule has 3 heteroatoms. The Morgan fingerprint density at radius 1 is 0.305 bits per heavy atom. The van der Waals surface area contributed by atoms with Gasteiger partial charge in [-0.15, -0.1) is 0 Å². The summed E-state index contributed by atoms with van der Waals surface area (Å²) in [6, 6.07) is 83.0. The number of para-hydroxylation sites is 3. The van der Waals surface area contributed by atoms with Crippen LogP contribution >= 0.6 is 0 Å². The van der Waals surface area contributed by atoms with E-state index in [-0.39, 0.29) is 0 Å². The predicted molar refractivity (Wildman–Crippen MR) is 248 cm³/mol. The second kappa shape index (κ2) is 14.6. The fourth-order valence-electron chi connectivity index (χ4n) is 8.88. The van der Waals surface area contributed by atoms with Crippen LogP contribution in [0, 0.1) is 0 Å². The molecule has 278 valence electrons. The van der Waals surface area contributed by atoms with Crippen LogP contribution in [0.5, 0.6) is 0 Å². The highest BCUT2D eigenvalue weighted by atomic mass is 15.1. The van der Waals surface area contributed by atoms with Crippen molar-refractivity contribution in [2.45, 2.75) is 0 Å². The Labute approximate surface area is 343 Å². The van der Waals surface area contributed by atoms with Crippen LogP contribution in [-0.4, -0.2) is 8.97 Å². The minimum absolute atomic E-state index is 1.10. The van der Waals surface area contributed by atoms with Crippen molar-refractivity contribution in [2.75, 3.05) is 4.90 Å². The maximum absolute atomic E-state index is 2.37. The molecular formula is C56H39N3. The molecule has 0 saturated heterocycles. The van der Waals surface area contributed by atoms with Gasteiger partial charge in [0.2, 0.25) is 0 Å². The second-order valence-electron chi connectivity index (χ2n) is 15.0. The van der Waals surface area contributed by atoms with Gasteiger partial charge < -0.3 is 13.9 Å². The Morgan fingerprint density at radius 2 is 0.797 bits per heavy atom. The Kier molecular flexibility index (Phi) is 8.49. The van der Waals surface area contributed by atoms with Crippen LogP contribution in [0.3, 0.4) is 0 Å². The standard InChI is InChI=1S/C56H39N3/c1-5-17-42(18-6-1)54-53-27-15-16-38-57(53)56(55(54)43-19-7-2-8-20-43)44-30-28-40(29-31-44)41-32-34-47(35-33-41)58(45-21-9-3-10-22-45)48-36-37-52-50(39-48)49-25-13-14-26-51(49)59(52)46-23-11-4-12-24-46/h1-39H. The zero-order valence-electron chi connectivity index (χ0n) is 32.4. The molecule has 3 heterocycles. The molecule has 11 aromatic rings. The molecule has 0 radical (unpaired) electrons. The number of pyridine rings is 1. The Hall–Kier alpha value is -7.88. The minimum Gasteiger partial charge on any atom is -0.315 e. The van der Waals surface area contributed by atoms with E-state index >= 15 is 0 Å². The van der Waals surface area contributed by atoms with E-state index in [9.17, 15) is 0 Å². The van der Waals surface area contributed by atoms with Gasteiger partial charge in [0.05, 0.1) is 22.2 Å². The smallest absolute Gasteiger partial charge is 0.0613 e. The van der Waals surface area contributed by atoms with Crippen LogP contribution in [0.15, 0.2) is 237 Å². The first kappa shape index (κ1) is 34.4. The summed E-state index contributed by atoms with van der Waals surface area (Å²) in [5.41, 5.74) is 17.7. The van der Waals surface area contributed by atoms with Gasteiger partial charge in [0.15, 0.2) is 0 Å². The van der Waals surface area contributed by atoms with Gasteiger partial charge in [0.1, 0.15) is 0 Å². The van der Waals surface area contributed by atoms with Crippen LogP contribution in [0.4, 0.5) is 17.1 Å². The van der Waals surface area contributed by atoms with Gasteiger partial charge in [0, 0.05) is 50.8 Å². The maximum atomic E-state index is 2.37. The van der Waals surface area contributed by atoms with E-state index in [1.165, 1.54) is 72.0 Å². The largest absolute Gasteiger partial charge is 0.315 e. The molecule has 8 aromatic carbocycles. The summed E-state index contributed by atoms with van der Waals surface area (Å²) in [4.78, 5) is 2.36. The zero-order valence-corrected chi connectivity index (χ0v) is 32.4. The summed E-state index contributed by atoms with van der Waals surface area (Å²) in [6.45, 7) is 0. The Morgan fingerprint density at radius 3 is 1.49 bits per heavy atom. The van der Waals surface area contributed by atoms with E-state index in [1.807, 2.05) is 0 Å². The van der Waals surface area contributed by atoms with Gasteiger partial charge in [-0.25, -0.2) is 0 Å². The summed E-state index contributed by atoms with van der Waals surface area (Å²) < 4.78 is 4.72. The van der Waals surface area contributed by atoms with Crippen LogP contribution in [-0.2, 0) is 0 Å². The summed E-state index contributed by atoms with van der Waals surface area (Å²) >= 11 is 0. The van der Waals surface area contributed by atoms with E-state index in [0.717, 1.165) is 22.7 Å². The SMILES string of the molecule is c1ccc(-c2c(-c3ccccc3)c3ccccn3c2-c2ccc(-c3ccc(N(c4ccccc4)c4ccc5c(c4)c4ccccc4n5-c4ccccc4)cc3)cc2)cc1. The summed E-state index contributed by atoms with van der Waals surface area (Å²) in [5, 5.41) is 2.46. The van der Waals surface area contributed by atoms with Crippen molar-refractivity contribution in [1.82, 2.24) is 8.97 Å². The number of nitrogens with zero attached hydrogens (tertiary/aromatic N) is 3. The first-order valence-corrected chi connectivity index (χ1v) is 20.2. The minimum atomic E-state index is 1.10. The highest BCUT2D eigenvalue weighted by Gasteiger charge is 2.22. The van der Waals surface area contributed by atoms with Crippen LogP contribution in [0.2, 0.25) is 0 Å². The van der Waals surface area contributed by atoms with E-state index in [4.69, 9.17) is 0 Å². The van der Waals surface area contributed by atoms with Gasteiger partial charge in [-0.2, -0.15) is 0 Å². The van der Waals surface area contributed by atoms with Crippen molar-refractivity contribution >= 4 is 44.4 Å². The number of hydrogen-bond donors (Lipinski definition) is 0. The zero-order chi connectivity index (χ0) is 39.1.